The molecule has 0 saturated heterocycles. The summed E-state index contributed by atoms with van der Waals surface area (Å²) < 4.78 is 5.24. The summed E-state index contributed by atoms with van der Waals surface area (Å²) in [6, 6.07) is 19.7. The monoisotopic (exact) mass is 447 g/mol. The van der Waals surface area contributed by atoms with Crippen molar-refractivity contribution in [3.63, 3.8) is 0 Å². The predicted octanol–water partition coefficient (Wildman–Crippen LogP) is 5.51. The Labute approximate surface area is 188 Å². The van der Waals surface area contributed by atoms with Gasteiger partial charge in [-0.3, -0.25) is 9.59 Å². The minimum Gasteiger partial charge on any atom is -0.508 e. The number of phenols is 1. The Morgan fingerprint density at radius 1 is 0.875 bits per heavy atom. The van der Waals surface area contributed by atoms with Gasteiger partial charge in [0.15, 0.2) is 0 Å². The van der Waals surface area contributed by atoms with Crippen molar-refractivity contribution in [3.8, 4) is 17.0 Å². The molecule has 4 aromatic rings. The number of aryl methyl sites for hydroxylation is 1. The smallest absolute Gasteiger partial charge is 0.261 e. The number of nitrogens with one attached hydrogen (secondary N) is 2. The second-order valence-corrected chi connectivity index (χ2v) is 7.38. The fourth-order valence-corrected chi connectivity index (χ4v) is 3.35. The van der Waals surface area contributed by atoms with Crippen molar-refractivity contribution in [1.82, 2.24) is 5.16 Å². The van der Waals surface area contributed by atoms with Crippen LogP contribution in [0.3, 0.4) is 0 Å². The van der Waals surface area contributed by atoms with Crippen molar-refractivity contribution in [1.29, 1.82) is 0 Å². The maximum atomic E-state index is 12.9. The van der Waals surface area contributed by atoms with Crippen LogP contribution in [0.2, 0.25) is 5.02 Å². The summed E-state index contributed by atoms with van der Waals surface area (Å²) >= 11 is 6.25. The first-order valence-corrected chi connectivity index (χ1v) is 10.0. The van der Waals surface area contributed by atoms with Gasteiger partial charge in [0.05, 0.1) is 5.02 Å². The van der Waals surface area contributed by atoms with E-state index in [0.29, 0.717) is 39.0 Å². The summed E-state index contributed by atoms with van der Waals surface area (Å²) in [5, 5.41) is 19.3. The fourth-order valence-electron chi connectivity index (χ4n) is 3.12. The van der Waals surface area contributed by atoms with Crippen molar-refractivity contribution in [2.45, 2.75) is 6.92 Å². The Morgan fingerprint density at radius 3 is 2.12 bits per heavy atom. The van der Waals surface area contributed by atoms with Crippen LogP contribution in [0.5, 0.6) is 5.75 Å². The van der Waals surface area contributed by atoms with E-state index in [2.05, 4.69) is 15.8 Å². The lowest BCUT2D eigenvalue weighted by Crippen LogP contribution is -2.14. The van der Waals surface area contributed by atoms with Gasteiger partial charge in [0.2, 0.25) is 0 Å². The average molecular weight is 448 g/mol. The van der Waals surface area contributed by atoms with Gasteiger partial charge < -0.3 is 20.3 Å². The molecule has 0 spiro atoms. The topological polar surface area (TPSA) is 104 Å². The van der Waals surface area contributed by atoms with E-state index in [1.54, 1.807) is 67.6 Å². The van der Waals surface area contributed by atoms with Crippen LogP contribution in [-0.4, -0.2) is 22.1 Å². The quantitative estimate of drug-likeness (QED) is 0.350. The number of nitrogens with zero attached hydrogens (tertiary/aromatic N) is 1. The summed E-state index contributed by atoms with van der Waals surface area (Å²) in [7, 11) is 0. The summed E-state index contributed by atoms with van der Waals surface area (Å²) in [4.78, 5) is 25.3. The highest BCUT2D eigenvalue weighted by atomic mass is 35.5. The molecule has 7 nitrogen and oxygen atoms in total. The number of aromatic nitrogens is 1. The number of rotatable bonds is 5. The molecule has 0 aliphatic heterocycles. The SMILES string of the molecule is Cc1onc(-c2ccccc2Cl)c1C(=O)Nc1ccc(C(=O)Nc2ccc(O)cc2)cc1. The number of amides is 2. The third-order valence-corrected chi connectivity index (χ3v) is 5.08. The van der Waals surface area contributed by atoms with E-state index in [1.165, 1.54) is 12.1 Å². The molecule has 1 aromatic heterocycles. The summed E-state index contributed by atoms with van der Waals surface area (Å²) in [5.41, 5.74) is 2.70. The summed E-state index contributed by atoms with van der Waals surface area (Å²) in [6.45, 7) is 1.65. The first kappa shape index (κ1) is 21.1. The number of aromatic hydroxyl groups is 1. The maximum absolute atomic E-state index is 12.9. The molecule has 2 amide bonds. The van der Waals surface area contributed by atoms with Crippen LogP contribution < -0.4 is 10.6 Å². The molecular formula is C24H18ClN3O4. The number of hydrogen-bond donors (Lipinski definition) is 3. The molecular weight excluding hydrogens is 430 g/mol. The van der Waals surface area contributed by atoms with E-state index in [0.717, 1.165) is 0 Å². The largest absolute Gasteiger partial charge is 0.508 e. The Morgan fingerprint density at radius 2 is 1.47 bits per heavy atom. The minimum atomic E-state index is -0.403. The molecule has 3 aromatic carbocycles. The Bertz CT molecular complexity index is 1280. The molecule has 1 heterocycles. The van der Waals surface area contributed by atoms with Gasteiger partial charge in [-0.05, 0) is 61.5 Å². The highest BCUT2D eigenvalue weighted by Gasteiger charge is 2.23. The molecule has 0 aliphatic carbocycles. The van der Waals surface area contributed by atoms with Gasteiger partial charge in [0.25, 0.3) is 11.8 Å². The Hall–Kier alpha value is -4.10. The lowest BCUT2D eigenvalue weighted by Gasteiger charge is -2.08. The van der Waals surface area contributed by atoms with Crippen LogP contribution in [-0.2, 0) is 0 Å². The van der Waals surface area contributed by atoms with E-state index in [1.807, 2.05) is 0 Å². The molecule has 0 unspecified atom stereocenters. The van der Waals surface area contributed by atoms with Crippen molar-refractivity contribution in [2.24, 2.45) is 0 Å². The standard InChI is InChI=1S/C24H18ClN3O4/c1-14-21(22(28-32-14)19-4-2-3-5-20(19)25)24(31)27-16-8-6-15(7-9-16)23(30)26-17-10-12-18(29)13-11-17/h2-13,29H,1H3,(H,26,30)(H,27,31). The second kappa shape index (κ2) is 8.95. The lowest BCUT2D eigenvalue weighted by atomic mass is 10.1. The van der Waals surface area contributed by atoms with Gasteiger partial charge in [-0.15, -0.1) is 0 Å². The van der Waals surface area contributed by atoms with Crippen molar-refractivity contribution >= 4 is 34.8 Å². The van der Waals surface area contributed by atoms with E-state index in [9.17, 15) is 14.7 Å². The van der Waals surface area contributed by atoms with Crippen LogP contribution in [0.4, 0.5) is 11.4 Å². The number of carbonyl (C=O) groups is 2. The Balaban J connectivity index is 1.49. The zero-order chi connectivity index (χ0) is 22.7. The van der Waals surface area contributed by atoms with Crippen LogP contribution in [0.15, 0.2) is 77.3 Å². The van der Waals surface area contributed by atoms with Crippen molar-refractivity contribution < 1.29 is 19.2 Å². The number of carbonyl (C=O) groups excluding carboxylic acids is 2. The fraction of sp³-hybridized carbons (Fsp3) is 0.0417. The van der Waals surface area contributed by atoms with Crippen LogP contribution in [0, 0.1) is 6.92 Å². The lowest BCUT2D eigenvalue weighted by molar-refractivity contribution is 0.101. The number of phenolic OH excluding ortho intramolecular Hbond substituents is 1. The van der Waals surface area contributed by atoms with E-state index in [-0.39, 0.29) is 17.2 Å². The zero-order valence-electron chi connectivity index (χ0n) is 16.9. The summed E-state index contributed by atoms with van der Waals surface area (Å²) in [5.74, 6) is -0.240. The molecule has 0 aliphatic rings. The first-order valence-electron chi connectivity index (χ1n) is 9.65. The zero-order valence-corrected chi connectivity index (χ0v) is 17.7. The van der Waals surface area contributed by atoms with E-state index < -0.39 is 5.91 Å². The molecule has 4 rings (SSSR count). The molecule has 0 saturated carbocycles. The van der Waals surface area contributed by atoms with Gasteiger partial charge in [0, 0.05) is 22.5 Å². The molecule has 0 fully saturated rings. The molecule has 0 radical (unpaired) electrons. The minimum absolute atomic E-state index is 0.115. The number of benzene rings is 3. The first-order chi connectivity index (χ1) is 15.4. The molecule has 3 N–H and O–H groups in total. The van der Waals surface area contributed by atoms with Gasteiger partial charge in [-0.1, -0.05) is 35.0 Å². The predicted molar refractivity (Wildman–Crippen MR) is 122 cm³/mol. The highest BCUT2D eigenvalue weighted by molar-refractivity contribution is 6.33. The van der Waals surface area contributed by atoms with Gasteiger partial charge >= 0.3 is 0 Å². The number of hydrogen-bond acceptors (Lipinski definition) is 5. The van der Waals surface area contributed by atoms with Gasteiger partial charge in [0.1, 0.15) is 22.8 Å². The molecule has 8 heteroatoms. The third-order valence-electron chi connectivity index (χ3n) is 4.75. The maximum Gasteiger partial charge on any atom is 0.261 e. The second-order valence-electron chi connectivity index (χ2n) is 6.97. The summed E-state index contributed by atoms with van der Waals surface area (Å²) in [6.07, 6.45) is 0. The highest BCUT2D eigenvalue weighted by Crippen LogP contribution is 2.31. The van der Waals surface area contributed by atoms with Crippen molar-refractivity contribution in [2.75, 3.05) is 10.6 Å². The molecule has 0 bridgehead atoms. The third kappa shape index (κ3) is 4.48. The van der Waals surface area contributed by atoms with Gasteiger partial charge in [-0.2, -0.15) is 0 Å². The van der Waals surface area contributed by atoms with Crippen LogP contribution in [0.1, 0.15) is 26.5 Å². The number of halogens is 1. The van der Waals surface area contributed by atoms with Crippen LogP contribution >= 0.6 is 11.6 Å². The molecule has 32 heavy (non-hydrogen) atoms. The molecule has 160 valence electrons. The van der Waals surface area contributed by atoms with E-state index >= 15 is 0 Å². The van der Waals surface area contributed by atoms with Crippen LogP contribution in [0.25, 0.3) is 11.3 Å². The van der Waals surface area contributed by atoms with Crippen molar-refractivity contribution in [3.05, 3.63) is 94.7 Å². The van der Waals surface area contributed by atoms with E-state index in [4.69, 9.17) is 16.1 Å². The average Bonchev–Trinajstić information content (AvgIpc) is 3.17. The number of anilines is 2. The Kier molecular flexibility index (Phi) is 5.91. The van der Waals surface area contributed by atoms with Gasteiger partial charge in [-0.25, -0.2) is 0 Å². The molecule has 0 atom stereocenters. The normalized spacial score (nSPS) is 10.6.